The number of fused-ring (bicyclic) bond motifs is 1. The molecule has 3 heteroatoms. The summed E-state index contributed by atoms with van der Waals surface area (Å²) in [7, 11) is 0. The summed E-state index contributed by atoms with van der Waals surface area (Å²) in [6.45, 7) is 3.73. The van der Waals surface area contributed by atoms with Gasteiger partial charge >= 0.3 is 0 Å². The molecule has 2 fully saturated rings. The lowest BCUT2D eigenvalue weighted by atomic mass is 9.90. The summed E-state index contributed by atoms with van der Waals surface area (Å²) in [4.78, 5) is 2.84. The summed E-state index contributed by atoms with van der Waals surface area (Å²) in [6.07, 6.45) is 11.2. The lowest BCUT2D eigenvalue weighted by Gasteiger charge is -2.37. The third kappa shape index (κ3) is 2.53. The molecule has 0 bridgehead atoms. The Hall–Kier alpha value is -0.800. The van der Waals surface area contributed by atoms with E-state index in [1.54, 1.807) is 0 Å². The summed E-state index contributed by atoms with van der Waals surface area (Å²) in [5.74, 6) is 2.16. The molecule has 0 amide bonds. The molecule has 1 aromatic rings. The molecule has 3 aliphatic rings. The topological polar surface area (TPSA) is 28.4 Å². The number of piperidine rings is 1. The number of furan rings is 1. The molecule has 1 aromatic heterocycles. The van der Waals surface area contributed by atoms with E-state index in [1.807, 2.05) is 6.26 Å². The summed E-state index contributed by atoms with van der Waals surface area (Å²) in [5, 5.41) is 3.49. The highest BCUT2D eigenvalue weighted by atomic mass is 16.3. The molecule has 2 aliphatic carbocycles. The molecule has 0 spiro atoms. The van der Waals surface area contributed by atoms with Gasteiger partial charge in [0.25, 0.3) is 0 Å². The van der Waals surface area contributed by atoms with E-state index < -0.39 is 0 Å². The van der Waals surface area contributed by atoms with Crippen LogP contribution in [0.3, 0.4) is 0 Å². The lowest BCUT2D eigenvalue weighted by Crippen LogP contribution is -2.40. The number of aryl methyl sites for hydroxylation is 1. The molecule has 1 atom stereocenters. The van der Waals surface area contributed by atoms with Crippen LogP contribution in [0.2, 0.25) is 0 Å². The van der Waals surface area contributed by atoms with Gasteiger partial charge in [-0.2, -0.15) is 0 Å². The predicted molar refractivity (Wildman–Crippen MR) is 79.7 cm³/mol. The lowest BCUT2D eigenvalue weighted by molar-refractivity contribution is 0.127. The molecule has 1 N–H and O–H groups in total. The fourth-order valence-electron chi connectivity index (χ4n) is 4.11. The molecular formula is C17H26N2O. The maximum Gasteiger partial charge on any atom is 0.108 e. The van der Waals surface area contributed by atoms with Crippen molar-refractivity contribution >= 4 is 0 Å². The quantitative estimate of drug-likeness (QED) is 0.914. The Bertz CT molecular complexity index is 446. The van der Waals surface area contributed by atoms with E-state index >= 15 is 0 Å². The van der Waals surface area contributed by atoms with Crippen molar-refractivity contribution in [2.75, 3.05) is 19.6 Å². The molecule has 3 nitrogen and oxygen atoms in total. The summed E-state index contributed by atoms with van der Waals surface area (Å²) >= 11 is 0. The van der Waals surface area contributed by atoms with Crippen molar-refractivity contribution in [2.45, 2.75) is 57.0 Å². The highest BCUT2D eigenvalue weighted by Gasteiger charge is 2.38. The standard InChI is InChI=1S/C17H26N2O/c1-2-16(15-8-11-20-17(15)3-1)19(14-4-5-14)12-13-6-9-18-10-7-13/h8,11,13-14,16,18H,1-7,9-10,12H2. The number of hydrogen-bond donors (Lipinski definition) is 1. The number of nitrogens with one attached hydrogen (secondary N) is 1. The summed E-state index contributed by atoms with van der Waals surface area (Å²) < 4.78 is 5.69. The summed E-state index contributed by atoms with van der Waals surface area (Å²) in [6, 6.07) is 3.73. The highest BCUT2D eigenvalue weighted by molar-refractivity contribution is 5.25. The third-order valence-corrected chi connectivity index (χ3v) is 5.36. The molecule has 110 valence electrons. The van der Waals surface area contributed by atoms with Crippen LogP contribution in [-0.4, -0.2) is 30.6 Å². The van der Waals surface area contributed by atoms with Gasteiger partial charge in [0.15, 0.2) is 0 Å². The molecule has 20 heavy (non-hydrogen) atoms. The second-order valence-corrected chi connectivity index (χ2v) is 6.83. The Labute approximate surface area is 121 Å². The van der Waals surface area contributed by atoms with Gasteiger partial charge in [-0.05, 0) is 63.6 Å². The van der Waals surface area contributed by atoms with Gasteiger partial charge in [-0.15, -0.1) is 0 Å². The number of nitrogens with zero attached hydrogens (tertiary/aromatic N) is 1. The van der Waals surface area contributed by atoms with Crippen LogP contribution in [0.5, 0.6) is 0 Å². The van der Waals surface area contributed by atoms with Gasteiger partial charge in [-0.1, -0.05) is 0 Å². The van der Waals surface area contributed by atoms with Gasteiger partial charge in [0.2, 0.25) is 0 Å². The van der Waals surface area contributed by atoms with E-state index in [4.69, 9.17) is 4.42 Å². The summed E-state index contributed by atoms with van der Waals surface area (Å²) in [5.41, 5.74) is 1.50. The Balaban J connectivity index is 1.51. The number of hydrogen-bond acceptors (Lipinski definition) is 3. The van der Waals surface area contributed by atoms with Crippen LogP contribution in [0.25, 0.3) is 0 Å². The maximum atomic E-state index is 5.69. The minimum atomic E-state index is 0.639. The average Bonchev–Trinajstić information content (AvgIpc) is 3.22. The zero-order valence-corrected chi connectivity index (χ0v) is 12.3. The maximum absolute atomic E-state index is 5.69. The fourth-order valence-corrected chi connectivity index (χ4v) is 4.11. The highest BCUT2D eigenvalue weighted by Crippen LogP contribution is 2.41. The van der Waals surface area contributed by atoms with Crippen molar-refractivity contribution in [1.82, 2.24) is 10.2 Å². The normalized spacial score (nSPS) is 27.8. The van der Waals surface area contributed by atoms with Crippen molar-refractivity contribution in [1.29, 1.82) is 0 Å². The first-order valence-electron chi connectivity index (χ1n) is 8.44. The molecule has 1 saturated heterocycles. The SMILES string of the molecule is c1cc2c(o1)CCCC2N(CC1CCNCC1)C1CC1. The zero-order valence-electron chi connectivity index (χ0n) is 12.3. The first-order chi connectivity index (χ1) is 9.92. The van der Waals surface area contributed by atoms with Gasteiger partial charge < -0.3 is 9.73 Å². The van der Waals surface area contributed by atoms with Crippen LogP contribution >= 0.6 is 0 Å². The van der Waals surface area contributed by atoms with Crippen LogP contribution in [0.4, 0.5) is 0 Å². The first-order valence-corrected chi connectivity index (χ1v) is 8.44. The zero-order chi connectivity index (χ0) is 13.4. The molecule has 1 saturated carbocycles. The van der Waals surface area contributed by atoms with Crippen molar-refractivity contribution in [3.05, 3.63) is 23.7 Å². The van der Waals surface area contributed by atoms with E-state index in [-0.39, 0.29) is 0 Å². The van der Waals surface area contributed by atoms with Crippen LogP contribution < -0.4 is 5.32 Å². The third-order valence-electron chi connectivity index (χ3n) is 5.36. The van der Waals surface area contributed by atoms with Crippen LogP contribution in [-0.2, 0) is 6.42 Å². The van der Waals surface area contributed by atoms with E-state index in [9.17, 15) is 0 Å². The van der Waals surface area contributed by atoms with Gasteiger partial charge in [0.1, 0.15) is 5.76 Å². The molecule has 0 radical (unpaired) electrons. The predicted octanol–water partition coefficient (Wildman–Crippen LogP) is 3.12. The van der Waals surface area contributed by atoms with E-state index in [0.29, 0.717) is 6.04 Å². The molecule has 0 aromatic carbocycles. The minimum absolute atomic E-state index is 0.639. The average molecular weight is 274 g/mol. The van der Waals surface area contributed by atoms with E-state index in [0.717, 1.165) is 18.4 Å². The van der Waals surface area contributed by atoms with Crippen LogP contribution in [0.15, 0.2) is 16.7 Å². The molecule has 2 heterocycles. The largest absolute Gasteiger partial charge is 0.469 e. The van der Waals surface area contributed by atoms with Gasteiger partial charge in [0.05, 0.1) is 6.26 Å². The minimum Gasteiger partial charge on any atom is -0.469 e. The number of rotatable bonds is 4. The molecule has 1 unspecified atom stereocenters. The Kier molecular flexibility index (Phi) is 3.57. The molecular weight excluding hydrogens is 248 g/mol. The van der Waals surface area contributed by atoms with E-state index in [1.165, 1.54) is 69.5 Å². The molecule has 1 aliphatic heterocycles. The second-order valence-electron chi connectivity index (χ2n) is 6.83. The van der Waals surface area contributed by atoms with Gasteiger partial charge in [-0.3, -0.25) is 4.90 Å². The fraction of sp³-hybridized carbons (Fsp3) is 0.765. The van der Waals surface area contributed by atoms with Gasteiger partial charge in [0, 0.05) is 30.6 Å². The Morgan fingerprint density at radius 1 is 1.15 bits per heavy atom. The van der Waals surface area contributed by atoms with Gasteiger partial charge in [-0.25, -0.2) is 0 Å². The second kappa shape index (κ2) is 5.53. The van der Waals surface area contributed by atoms with Crippen molar-refractivity contribution in [3.63, 3.8) is 0 Å². The smallest absolute Gasteiger partial charge is 0.108 e. The molecule has 4 rings (SSSR count). The van der Waals surface area contributed by atoms with E-state index in [2.05, 4.69) is 16.3 Å². The Morgan fingerprint density at radius 2 is 2.00 bits per heavy atom. The van der Waals surface area contributed by atoms with Crippen molar-refractivity contribution in [2.24, 2.45) is 5.92 Å². The van der Waals surface area contributed by atoms with Crippen LogP contribution in [0, 0.1) is 5.92 Å². The van der Waals surface area contributed by atoms with Crippen LogP contribution in [0.1, 0.15) is 55.9 Å². The first kappa shape index (κ1) is 12.9. The Morgan fingerprint density at radius 3 is 2.80 bits per heavy atom. The van der Waals surface area contributed by atoms with Crippen molar-refractivity contribution in [3.8, 4) is 0 Å². The van der Waals surface area contributed by atoms with Crippen molar-refractivity contribution < 1.29 is 4.42 Å². The monoisotopic (exact) mass is 274 g/mol.